The molecule has 0 radical (unpaired) electrons. The van der Waals surface area contributed by atoms with Crippen molar-refractivity contribution in [3.63, 3.8) is 0 Å². The van der Waals surface area contributed by atoms with Gasteiger partial charge in [0.25, 0.3) is 11.8 Å². The smallest absolute Gasteiger partial charge is 0.255 e. The number of para-hydroxylation sites is 1. The van der Waals surface area contributed by atoms with Crippen molar-refractivity contribution in [2.24, 2.45) is 0 Å². The van der Waals surface area contributed by atoms with Crippen LogP contribution in [0, 0.1) is 5.82 Å². The van der Waals surface area contributed by atoms with Crippen molar-refractivity contribution in [3.05, 3.63) is 101 Å². The minimum atomic E-state index is -0.320. The van der Waals surface area contributed by atoms with Crippen molar-refractivity contribution in [1.29, 1.82) is 0 Å². The maximum atomic E-state index is 13.6. The van der Waals surface area contributed by atoms with E-state index in [1.54, 1.807) is 54.6 Å². The SMILES string of the molecule is CN(C)C(CNC(=O)c1ccccc1NC(=O)c1ccccc1)c1cccc(F)c1. The molecule has 0 aliphatic heterocycles. The van der Waals surface area contributed by atoms with Crippen LogP contribution in [0.15, 0.2) is 78.9 Å². The average Bonchev–Trinajstić information content (AvgIpc) is 2.74. The number of amides is 2. The highest BCUT2D eigenvalue weighted by atomic mass is 19.1. The van der Waals surface area contributed by atoms with Crippen molar-refractivity contribution in [3.8, 4) is 0 Å². The fourth-order valence-corrected chi connectivity index (χ4v) is 3.17. The molecule has 0 fully saturated rings. The van der Waals surface area contributed by atoms with Crippen LogP contribution in [0.4, 0.5) is 10.1 Å². The highest BCUT2D eigenvalue weighted by Gasteiger charge is 2.18. The molecule has 6 heteroatoms. The molecule has 0 aliphatic rings. The van der Waals surface area contributed by atoms with Crippen LogP contribution in [-0.2, 0) is 0 Å². The third-order valence-electron chi connectivity index (χ3n) is 4.77. The molecule has 2 amide bonds. The van der Waals surface area contributed by atoms with Gasteiger partial charge in [0, 0.05) is 12.1 Å². The lowest BCUT2D eigenvalue weighted by Gasteiger charge is -2.25. The van der Waals surface area contributed by atoms with Crippen LogP contribution in [0.5, 0.6) is 0 Å². The largest absolute Gasteiger partial charge is 0.350 e. The van der Waals surface area contributed by atoms with Crippen LogP contribution in [0.1, 0.15) is 32.3 Å². The number of nitrogens with zero attached hydrogens (tertiary/aromatic N) is 1. The molecule has 3 aromatic carbocycles. The van der Waals surface area contributed by atoms with Crippen molar-refractivity contribution >= 4 is 17.5 Å². The summed E-state index contributed by atoms with van der Waals surface area (Å²) < 4.78 is 13.6. The van der Waals surface area contributed by atoms with Crippen LogP contribution in [0.25, 0.3) is 0 Å². The van der Waals surface area contributed by atoms with Gasteiger partial charge in [0.1, 0.15) is 5.82 Å². The first-order valence-electron chi connectivity index (χ1n) is 9.61. The number of hydrogen-bond acceptors (Lipinski definition) is 3. The predicted octanol–water partition coefficient (Wildman–Crippen LogP) is 4.11. The molecule has 1 atom stereocenters. The van der Waals surface area contributed by atoms with E-state index < -0.39 is 0 Å². The Morgan fingerprint density at radius 1 is 0.900 bits per heavy atom. The summed E-state index contributed by atoms with van der Waals surface area (Å²) in [5, 5.41) is 5.69. The van der Waals surface area contributed by atoms with E-state index in [1.807, 2.05) is 31.1 Å². The first-order chi connectivity index (χ1) is 14.5. The van der Waals surface area contributed by atoms with Gasteiger partial charge in [0.15, 0.2) is 0 Å². The van der Waals surface area contributed by atoms with Crippen LogP contribution < -0.4 is 10.6 Å². The summed E-state index contributed by atoms with van der Waals surface area (Å²) >= 11 is 0. The van der Waals surface area contributed by atoms with Gasteiger partial charge in [-0.05, 0) is 56.1 Å². The summed E-state index contributed by atoms with van der Waals surface area (Å²) in [4.78, 5) is 27.2. The predicted molar refractivity (Wildman–Crippen MR) is 116 cm³/mol. The second-order valence-electron chi connectivity index (χ2n) is 7.11. The summed E-state index contributed by atoms with van der Waals surface area (Å²) in [6.07, 6.45) is 0. The van der Waals surface area contributed by atoms with Crippen molar-refractivity contribution in [2.75, 3.05) is 26.0 Å². The summed E-state index contributed by atoms with van der Waals surface area (Å²) in [7, 11) is 3.74. The standard InChI is InChI=1S/C24H24FN3O2/c1-28(2)22(18-11-8-12-19(25)15-18)16-26-24(30)20-13-6-7-14-21(20)27-23(29)17-9-4-3-5-10-17/h3-15,22H,16H2,1-2H3,(H,26,30)(H,27,29). The molecular formula is C24H24FN3O2. The zero-order chi connectivity index (χ0) is 21.5. The Hall–Kier alpha value is -3.51. The number of hydrogen-bond donors (Lipinski definition) is 2. The van der Waals surface area contributed by atoms with E-state index in [2.05, 4.69) is 10.6 Å². The topological polar surface area (TPSA) is 61.4 Å². The van der Waals surface area contributed by atoms with Crippen LogP contribution in [-0.4, -0.2) is 37.4 Å². The maximum absolute atomic E-state index is 13.6. The maximum Gasteiger partial charge on any atom is 0.255 e. The van der Waals surface area contributed by atoms with Gasteiger partial charge in [-0.3, -0.25) is 9.59 Å². The number of benzene rings is 3. The Balaban J connectivity index is 1.73. The van der Waals surface area contributed by atoms with Gasteiger partial charge in [0.2, 0.25) is 0 Å². The normalized spacial score (nSPS) is 11.7. The molecule has 3 aromatic rings. The van der Waals surface area contributed by atoms with Gasteiger partial charge >= 0.3 is 0 Å². The number of carbonyl (C=O) groups is 2. The molecule has 0 saturated heterocycles. The van der Waals surface area contributed by atoms with Gasteiger partial charge in [0.05, 0.1) is 17.3 Å². The van der Waals surface area contributed by atoms with E-state index in [-0.39, 0.29) is 30.2 Å². The molecule has 0 aromatic heterocycles. The molecule has 3 rings (SSSR count). The zero-order valence-corrected chi connectivity index (χ0v) is 16.9. The van der Waals surface area contributed by atoms with Gasteiger partial charge in [-0.15, -0.1) is 0 Å². The Bertz CT molecular complexity index is 1020. The number of halogens is 1. The highest BCUT2D eigenvalue weighted by molar-refractivity contribution is 6.08. The van der Waals surface area contributed by atoms with E-state index in [0.29, 0.717) is 16.8 Å². The van der Waals surface area contributed by atoms with E-state index in [0.717, 1.165) is 5.56 Å². The molecule has 0 saturated carbocycles. The molecule has 0 heterocycles. The van der Waals surface area contributed by atoms with Crippen molar-refractivity contribution < 1.29 is 14.0 Å². The Labute approximate surface area is 175 Å². The number of carbonyl (C=O) groups excluding carboxylic acids is 2. The fraction of sp³-hybridized carbons (Fsp3) is 0.167. The molecule has 154 valence electrons. The van der Waals surface area contributed by atoms with E-state index in [4.69, 9.17) is 0 Å². The summed E-state index contributed by atoms with van der Waals surface area (Å²) in [6, 6.07) is 21.8. The second-order valence-corrected chi connectivity index (χ2v) is 7.11. The van der Waals surface area contributed by atoms with Gasteiger partial charge in [-0.25, -0.2) is 4.39 Å². The molecule has 2 N–H and O–H groups in total. The summed E-state index contributed by atoms with van der Waals surface area (Å²) in [5.41, 5.74) is 2.06. The third-order valence-corrected chi connectivity index (χ3v) is 4.77. The second kappa shape index (κ2) is 9.80. The minimum Gasteiger partial charge on any atom is -0.350 e. The molecular weight excluding hydrogens is 381 g/mol. The number of rotatable bonds is 7. The van der Waals surface area contributed by atoms with Crippen molar-refractivity contribution in [2.45, 2.75) is 6.04 Å². The van der Waals surface area contributed by atoms with Gasteiger partial charge in [-0.1, -0.05) is 42.5 Å². The van der Waals surface area contributed by atoms with E-state index in [9.17, 15) is 14.0 Å². The minimum absolute atomic E-state index is 0.198. The lowest BCUT2D eigenvalue weighted by atomic mass is 10.1. The summed E-state index contributed by atoms with van der Waals surface area (Å²) in [6.45, 7) is 0.288. The fourth-order valence-electron chi connectivity index (χ4n) is 3.17. The third kappa shape index (κ3) is 5.30. The molecule has 0 aliphatic carbocycles. The average molecular weight is 405 g/mol. The quantitative estimate of drug-likeness (QED) is 0.622. The Kier molecular flexibility index (Phi) is 6.93. The lowest BCUT2D eigenvalue weighted by molar-refractivity contribution is 0.0943. The van der Waals surface area contributed by atoms with Gasteiger partial charge < -0.3 is 15.5 Å². The van der Waals surface area contributed by atoms with Crippen LogP contribution in [0.3, 0.4) is 0 Å². The zero-order valence-electron chi connectivity index (χ0n) is 16.9. The van der Waals surface area contributed by atoms with Gasteiger partial charge in [-0.2, -0.15) is 0 Å². The first-order valence-corrected chi connectivity index (χ1v) is 9.61. The molecule has 5 nitrogen and oxygen atoms in total. The van der Waals surface area contributed by atoms with Crippen LogP contribution >= 0.6 is 0 Å². The number of likely N-dealkylation sites (N-methyl/N-ethyl adjacent to an activating group) is 1. The monoisotopic (exact) mass is 405 g/mol. The highest BCUT2D eigenvalue weighted by Crippen LogP contribution is 2.20. The number of nitrogens with one attached hydrogen (secondary N) is 2. The first kappa shape index (κ1) is 21.2. The molecule has 1 unspecified atom stereocenters. The lowest BCUT2D eigenvalue weighted by Crippen LogP contribution is -2.35. The van der Waals surface area contributed by atoms with Crippen molar-refractivity contribution in [1.82, 2.24) is 10.2 Å². The molecule has 30 heavy (non-hydrogen) atoms. The van der Waals surface area contributed by atoms with E-state index in [1.165, 1.54) is 12.1 Å². The molecule has 0 bridgehead atoms. The molecule has 0 spiro atoms. The summed E-state index contributed by atoms with van der Waals surface area (Å²) in [5.74, 6) is -0.927. The Morgan fingerprint density at radius 2 is 1.60 bits per heavy atom. The number of anilines is 1. The Morgan fingerprint density at radius 3 is 2.30 bits per heavy atom. The van der Waals surface area contributed by atoms with E-state index >= 15 is 0 Å². The van der Waals surface area contributed by atoms with Crippen LogP contribution in [0.2, 0.25) is 0 Å².